The van der Waals surface area contributed by atoms with Crippen molar-refractivity contribution in [2.75, 3.05) is 13.7 Å². The zero-order valence-corrected chi connectivity index (χ0v) is 16.2. The molecule has 0 aliphatic carbocycles. The largest absolute Gasteiger partial charge is 0.480 e. The van der Waals surface area contributed by atoms with Crippen LogP contribution in [0.5, 0.6) is 5.88 Å². The molecule has 0 spiro atoms. The Bertz CT molecular complexity index is 724. The Labute approximate surface area is 143 Å². The third-order valence-electron chi connectivity index (χ3n) is 3.16. The van der Waals surface area contributed by atoms with Gasteiger partial charge in [0.25, 0.3) is 0 Å². The molecule has 7 nitrogen and oxygen atoms in total. The first-order valence-corrected chi connectivity index (χ1v) is 11.7. The molecule has 0 saturated carbocycles. The first kappa shape index (κ1) is 17.9. The lowest BCUT2D eigenvalue weighted by Crippen LogP contribution is -2.23. The average Bonchev–Trinajstić information content (AvgIpc) is 2.83. The van der Waals surface area contributed by atoms with Crippen LogP contribution >= 0.6 is 15.9 Å². The number of nitrogens with zero attached hydrogens (tertiary/aromatic N) is 3. The molecule has 2 rings (SSSR count). The van der Waals surface area contributed by atoms with E-state index >= 15 is 0 Å². The molecule has 126 valence electrons. The third kappa shape index (κ3) is 4.76. The van der Waals surface area contributed by atoms with Crippen LogP contribution in [0.2, 0.25) is 25.7 Å². The smallest absolute Gasteiger partial charge is 0.443 e. The molecule has 0 amide bonds. The van der Waals surface area contributed by atoms with Crippen molar-refractivity contribution in [3.05, 3.63) is 27.3 Å². The van der Waals surface area contributed by atoms with Crippen LogP contribution in [0.3, 0.4) is 0 Å². The van der Waals surface area contributed by atoms with E-state index in [4.69, 9.17) is 14.0 Å². The summed E-state index contributed by atoms with van der Waals surface area (Å²) in [5.74, 6) is 0.112. The molecule has 2 aromatic heterocycles. The molecular weight excluding hydrogens is 382 g/mol. The summed E-state index contributed by atoms with van der Waals surface area (Å²) in [6.45, 7) is 7.49. The lowest BCUT2D eigenvalue weighted by molar-refractivity contribution is 0.0833. The molecule has 0 radical (unpaired) electrons. The third-order valence-corrected chi connectivity index (χ3v) is 5.29. The number of rotatable bonds is 7. The maximum atomic E-state index is 11.9. The average molecular weight is 402 g/mol. The molecule has 0 aromatic carbocycles. The van der Waals surface area contributed by atoms with E-state index in [0.717, 1.165) is 10.5 Å². The van der Waals surface area contributed by atoms with Crippen LogP contribution in [0.15, 0.2) is 26.1 Å². The van der Waals surface area contributed by atoms with E-state index in [1.807, 2.05) is 0 Å². The highest BCUT2D eigenvalue weighted by molar-refractivity contribution is 9.10. The summed E-state index contributed by atoms with van der Waals surface area (Å²) >= 11 is 3.35. The molecule has 0 aliphatic heterocycles. The zero-order valence-electron chi connectivity index (χ0n) is 13.6. The van der Waals surface area contributed by atoms with Crippen molar-refractivity contribution in [2.45, 2.75) is 32.4 Å². The maximum absolute atomic E-state index is 11.9. The molecule has 9 heteroatoms. The van der Waals surface area contributed by atoms with Crippen LogP contribution in [0.25, 0.3) is 11.4 Å². The summed E-state index contributed by atoms with van der Waals surface area (Å²) in [7, 11) is 0.326. The lowest BCUT2D eigenvalue weighted by atomic mass is 10.2. The van der Waals surface area contributed by atoms with Crippen molar-refractivity contribution >= 4 is 24.0 Å². The molecule has 0 unspecified atom stereocenters. The first-order valence-electron chi connectivity index (χ1n) is 7.16. The molecule has 0 fully saturated rings. The molecule has 23 heavy (non-hydrogen) atoms. The molecule has 0 aliphatic rings. The van der Waals surface area contributed by atoms with Gasteiger partial charge in [0.15, 0.2) is 5.82 Å². The lowest BCUT2D eigenvalue weighted by Gasteiger charge is -2.15. The Morgan fingerprint density at radius 1 is 1.39 bits per heavy atom. The maximum Gasteiger partial charge on any atom is 0.443 e. The molecular formula is C14H20BrN3O4Si. The van der Waals surface area contributed by atoms with Gasteiger partial charge < -0.3 is 9.47 Å². The highest BCUT2D eigenvalue weighted by atomic mass is 79.9. The summed E-state index contributed by atoms with van der Waals surface area (Å²) in [6.07, 6.45) is 1.61. The van der Waals surface area contributed by atoms with Crippen LogP contribution in [-0.4, -0.2) is 36.5 Å². The number of ether oxygens (including phenoxy) is 2. The first-order chi connectivity index (χ1) is 10.8. The monoisotopic (exact) mass is 401 g/mol. The molecule has 2 aromatic rings. The normalized spacial score (nSPS) is 11.7. The van der Waals surface area contributed by atoms with Crippen LogP contribution in [0.1, 0.15) is 0 Å². The Kier molecular flexibility index (Phi) is 5.77. The van der Waals surface area contributed by atoms with E-state index in [9.17, 15) is 4.79 Å². The van der Waals surface area contributed by atoms with E-state index in [1.54, 1.807) is 12.3 Å². The second kappa shape index (κ2) is 7.41. The minimum absolute atomic E-state index is 0.0812. The van der Waals surface area contributed by atoms with Crippen molar-refractivity contribution < 1.29 is 14.0 Å². The van der Waals surface area contributed by atoms with Crippen molar-refractivity contribution in [1.29, 1.82) is 0 Å². The van der Waals surface area contributed by atoms with Crippen LogP contribution in [0.4, 0.5) is 0 Å². The highest BCUT2D eigenvalue weighted by Gasteiger charge is 2.19. The second-order valence-electron chi connectivity index (χ2n) is 6.26. The van der Waals surface area contributed by atoms with Gasteiger partial charge in [0.1, 0.15) is 6.73 Å². The van der Waals surface area contributed by atoms with Gasteiger partial charge >= 0.3 is 5.76 Å². The summed E-state index contributed by atoms with van der Waals surface area (Å²) in [5.41, 5.74) is 0.557. The summed E-state index contributed by atoms with van der Waals surface area (Å²) in [4.78, 5) is 16.0. The van der Waals surface area contributed by atoms with Gasteiger partial charge in [-0.25, -0.2) is 14.3 Å². The fourth-order valence-electron chi connectivity index (χ4n) is 1.86. The Hall–Kier alpha value is -1.45. The molecule has 0 bridgehead atoms. The molecule has 0 atom stereocenters. The van der Waals surface area contributed by atoms with E-state index in [0.29, 0.717) is 23.9 Å². The van der Waals surface area contributed by atoms with Crippen LogP contribution < -0.4 is 10.5 Å². The Balaban J connectivity index is 2.22. The summed E-state index contributed by atoms with van der Waals surface area (Å²) < 4.78 is 17.7. The van der Waals surface area contributed by atoms with E-state index < -0.39 is 13.8 Å². The Morgan fingerprint density at radius 3 is 2.78 bits per heavy atom. The van der Waals surface area contributed by atoms with E-state index in [1.165, 1.54) is 11.7 Å². The number of methoxy groups -OCH3 is 1. The van der Waals surface area contributed by atoms with Gasteiger partial charge in [-0.15, -0.1) is 0 Å². The van der Waals surface area contributed by atoms with Crippen molar-refractivity contribution in [3.63, 3.8) is 0 Å². The van der Waals surface area contributed by atoms with Gasteiger partial charge in [0, 0.05) is 25.4 Å². The van der Waals surface area contributed by atoms with Crippen molar-refractivity contribution in [1.82, 2.24) is 14.7 Å². The van der Waals surface area contributed by atoms with Crippen molar-refractivity contribution in [3.8, 4) is 17.3 Å². The second-order valence-corrected chi connectivity index (χ2v) is 12.8. The number of pyridine rings is 1. The predicted molar refractivity (Wildman–Crippen MR) is 92.4 cm³/mol. The zero-order chi connectivity index (χ0) is 17.0. The minimum atomic E-state index is -1.18. The number of hydrogen-bond acceptors (Lipinski definition) is 6. The van der Waals surface area contributed by atoms with Gasteiger partial charge in [0.2, 0.25) is 5.88 Å². The van der Waals surface area contributed by atoms with Gasteiger partial charge in [-0.3, -0.25) is 4.52 Å². The number of halogens is 1. The van der Waals surface area contributed by atoms with Gasteiger partial charge in [-0.05, 0) is 28.0 Å². The topological polar surface area (TPSA) is 79.4 Å². The fourth-order valence-corrected chi connectivity index (χ4v) is 2.95. The summed E-state index contributed by atoms with van der Waals surface area (Å²) in [6, 6.07) is 2.78. The van der Waals surface area contributed by atoms with Gasteiger partial charge in [-0.1, -0.05) is 24.8 Å². The molecule has 0 saturated heterocycles. The fraction of sp³-hybridized carbons (Fsp3) is 0.500. The Morgan fingerprint density at radius 2 is 2.13 bits per heavy atom. The van der Waals surface area contributed by atoms with Crippen molar-refractivity contribution in [2.24, 2.45) is 0 Å². The number of hydrogen-bond donors (Lipinski definition) is 0. The minimum Gasteiger partial charge on any atom is -0.480 e. The SMILES string of the molecule is COc1ncc(Br)cc1-c1noc(=O)n1COCC[Si](C)(C)C. The van der Waals surface area contributed by atoms with Crippen LogP contribution in [0, 0.1) is 0 Å². The molecule has 0 N–H and O–H groups in total. The van der Waals surface area contributed by atoms with E-state index in [-0.39, 0.29) is 6.73 Å². The number of aromatic nitrogens is 3. The van der Waals surface area contributed by atoms with Gasteiger partial charge in [-0.2, -0.15) is 0 Å². The quantitative estimate of drug-likeness (QED) is 0.523. The predicted octanol–water partition coefficient (Wildman–Crippen LogP) is 2.98. The standard InChI is InChI=1S/C14H20BrN3O4Si/c1-20-13-11(7-10(15)8-16-13)12-17-22-14(19)18(12)9-21-5-6-23(2,3)4/h7-8H,5-6,9H2,1-4H3. The van der Waals surface area contributed by atoms with Gasteiger partial charge in [0.05, 0.1) is 12.7 Å². The van der Waals surface area contributed by atoms with E-state index in [2.05, 4.69) is 45.7 Å². The van der Waals surface area contributed by atoms with Crippen LogP contribution in [-0.2, 0) is 11.5 Å². The highest BCUT2D eigenvalue weighted by Crippen LogP contribution is 2.28. The summed E-state index contributed by atoms with van der Waals surface area (Å²) in [5, 5.41) is 3.83. The molecule has 2 heterocycles.